The smallest absolute Gasteiger partial charge is 0.342 e. The molecule has 0 aliphatic carbocycles. The molecule has 26 heavy (non-hydrogen) atoms. The first-order valence-electron chi connectivity index (χ1n) is 8.89. The van der Waals surface area contributed by atoms with Gasteiger partial charge >= 0.3 is 6.18 Å². The fourth-order valence-corrected chi connectivity index (χ4v) is 3.82. The Morgan fingerprint density at radius 3 is 2.58 bits per heavy atom. The molecule has 2 aliphatic rings. The predicted molar refractivity (Wildman–Crippen MR) is 88.7 cm³/mol. The van der Waals surface area contributed by atoms with Crippen molar-refractivity contribution in [3.63, 3.8) is 0 Å². The van der Waals surface area contributed by atoms with Crippen LogP contribution in [0, 0.1) is 5.92 Å². The number of carbonyl (C=O) groups is 1. The summed E-state index contributed by atoms with van der Waals surface area (Å²) in [6, 6.07) is 2.32. The van der Waals surface area contributed by atoms with Gasteiger partial charge < -0.3 is 9.80 Å². The van der Waals surface area contributed by atoms with E-state index < -0.39 is 11.7 Å². The minimum absolute atomic E-state index is 0.139. The van der Waals surface area contributed by atoms with Gasteiger partial charge in [-0.2, -0.15) is 13.2 Å². The lowest BCUT2D eigenvalue weighted by atomic mass is 9.97. The Morgan fingerprint density at radius 2 is 1.85 bits per heavy atom. The summed E-state index contributed by atoms with van der Waals surface area (Å²) in [6.07, 6.45) is 0.283. The summed E-state index contributed by atoms with van der Waals surface area (Å²) in [5.41, 5.74) is -0.381. The highest BCUT2D eigenvalue weighted by Crippen LogP contribution is 2.31. The maximum atomic E-state index is 13.0. The Morgan fingerprint density at radius 1 is 1.08 bits per heavy atom. The average Bonchev–Trinajstić information content (AvgIpc) is 3.29. The van der Waals surface area contributed by atoms with Crippen molar-refractivity contribution in [2.24, 2.45) is 5.92 Å². The molecule has 4 rings (SSSR count). The van der Waals surface area contributed by atoms with E-state index in [2.05, 4.69) is 10.2 Å². The van der Waals surface area contributed by atoms with E-state index in [0.717, 1.165) is 51.0 Å². The van der Waals surface area contributed by atoms with Crippen LogP contribution < -0.4 is 4.90 Å². The standard InChI is InChI=1S/C17H20F3N5O/c18-17(19,20)13-5-6-14-21-22-16(25(14)11-13)24-9-3-4-12(10-24)15(26)23-7-1-2-8-23/h5-6,11-12H,1-4,7-10H2/t12-/m0/s1. The first-order chi connectivity index (χ1) is 12.4. The summed E-state index contributed by atoms with van der Waals surface area (Å²) in [6.45, 7) is 2.73. The first kappa shape index (κ1) is 17.1. The van der Waals surface area contributed by atoms with E-state index in [1.165, 1.54) is 10.5 Å². The van der Waals surface area contributed by atoms with Gasteiger partial charge in [-0.1, -0.05) is 0 Å². The van der Waals surface area contributed by atoms with E-state index in [1.807, 2.05) is 9.80 Å². The number of piperidine rings is 1. The first-order valence-corrected chi connectivity index (χ1v) is 8.89. The van der Waals surface area contributed by atoms with Crippen molar-refractivity contribution in [2.75, 3.05) is 31.1 Å². The number of anilines is 1. The summed E-state index contributed by atoms with van der Waals surface area (Å²) in [4.78, 5) is 16.5. The number of nitrogens with zero attached hydrogens (tertiary/aromatic N) is 5. The van der Waals surface area contributed by atoms with Crippen LogP contribution in [0.1, 0.15) is 31.2 Å². The van der Waals surface area contributed by atoms with E-state index in [4.69, 9.17) is 0 Å². The monoisotopic (exact) mass is 367 g/mol. The average molecular weight is 367 g/mol. The van der Waals surface area contributed by atoms with Gasteiger partial charge in [0.05, 0.1) is 11.5 Å². The zero-order valence-corrected chi connectivity index (χ0v) is 14.2. The zero-order chi connectivity index (χ0) is 18.3. The number of halogens is 3. The third-order valence-corrected chi connectivity index (χ3v) is 5.18. The molecule has 0 N–H and O–H groups in total. The normalized spacial score (nSPS) is 21.6. The summed E-state index contributed by atoms with van der Waals surface area (Å²) in [5, 5.41) is 8.05. The van der Waals surface area contributed by atoms with Crippen molar-refractivity contribution in [1.29, 1.82) is 0 Å². The highest BCUT2D eigenvalue weighted by Gasteiger charge is 2.34. The van der Waals surface area contributed by atoms with E-state index in [0.29, 0.717) is 24.7 Å². The van der Waals surface area contributed by atoms with Crippen molar-refractivity contribution in [3.8, 4) is 0 Å². The zero-order valence-electron chi connectivity index (χ0n) is 14.2. The van der Waals surface area contributed by atoms with Crippen LogP contribution in [0.25, 0.3) is 5.65 Å². The van der Waals surface area contributed by atoms with Gasteiger partial charge in [-0.05, 0) is 37.8 Å². The maximum absolute atomic E-state index is 13.0. The number of alkyl halides is 3. The number of carbonyl (C=O) groups excluding carboxylic acids is 1. The topological polar surface area (TPSA) is 53.7 Å². The molecule has 0 unspecified atom stereocenters. The Bertz CT molecular complexity index is 812. The number of aromatic nitrogens is 3. The number of likely N-dealkylation sites (tertiary alicyclic amines) is 1. The molecule has 6 nitrogen and oxygen atoms in total. The molecule has 9 heteroatoms. The molecule has 2 saturated heterocycles. The van der Waals surface area contributed by atoms with E-state index in [-0.39, 0.29) is 11.8 Å². The van der Waals surface area contributed by atoms with Crippen molar-refractivity contribution < 1.29 is 18.0 Å². The molecule has 1 amide bonds. The van der Waals surface area contributed by atoms with Crippen LogP contribution in [-0.2, 0) is 11.0 Å². The number of rotatable bonds is 2. The van der Waals surface area contributed by atoms with Gasteiger partial charge in [0.25, 0.3) is 0 Å². The molecule has 2 aromatic heterocycles. The number of pyridine rings is 1. The van der Waals surface area contributed by atoms with Crippen LogP contribution in [-0.4, -0.2) is 51.6 Å². The van der Waals surface area contributed by atoms with Crippen molar-refractivity contribution in [1.82, 2.24) is 19.5 Å². The molecular weight excluding hydrogens is 347 g/mol. The Labute approximate surface area is 148 Å². The highest BCUT2D eigenvalue weighted by molar-refractivity contribution is 5.80. The van der Waals surface area contributed by atoms with E-state index in [9.17, 15) is 18.0 Å². The molecule has 0 aromatic carbocycles. The van der Waals surface area contributed by atoms with Crippen LogP contribution in [0.2, 0.25) is 0 Å². The van der Waals surface area contributed by atoms with Gasteiger partial charge in [0, 0.05) is 32.4 Å². The highest BCUT2D eigenvalue weighted by atomic mass is 19.4. The van der Waals surface area contributed by atoms with Gasteiger partial charge in [0.2, 0.25) is 11.9 Å². The molecule has 2 aromatic rings. The van der Waals surface area contributed by atoms with Crippen molar-refractivity contribution in [2.45, 2.75) is 31.9 Å². The fourth-order valence-electron chi connectivity index (χ4n) is 3.82. The molecule has 2 fully saturated rings. The van der Waals surface area contributed by atoms with E-state index in [1.54, 1.807) is 0 Å². The van der Waals surface area contributed by atoms with Crippen LogP contribution in [0.3, 0.4) is 0 Å². The maximum Gasteiger partial charge on any atom is 0.417 e. The summed E-state index contributed by atoms with van der Waals surface area (Å²) in [7, 11) is 0. The number of amides is 1. The van der Waals surface area contributed by atoms with Gasteiger partial charge in [-0.25, -0.2) is 0 Å². The quantitative estimate of drug-likeness (QED) is 0.819. The lowest BCUT2D eigenvalue weighted by Gasteiger charge is -2.33. The molecule has 4 heterocycles. The largest absolute Gasteiger partial charge is 0.417 e. The second-order valence-corrected chi connectivity index (χ2v) is 6.96. The van der Waals surface area contributed by atoms with Crippen LogP contribution in [0.5, 0.6) is 0 Å². The molecule has 0 radical (unpaired) electrons. The Kier molecular flexibility index (Phi) is 4.24. The molecule has 0 saturated carbocycles. The second-order valence-electron chi connectivity index (χ2n) is 6.96. The van der Waals surface area contributed by atoms with Crippen molar-refractivity contribution in [3.05, 3.63) is 23.9 Å². The number of hydrogen-bond acceptors (Lipinski definition) is 4. The van der Waals surface area contributed by atoms with Gasteiger partial charge in [0.15, 0.2) is 5.65 Å². The van der Waals surface area contributed by atoms with Crippen LogP contribution >= 0.6 is 0 Å². The van der Waals surface area contributed by atoms with E-state index >= 15 is 0 Å². The summed E-state index contributed by atoms with van der Waals surface area (Å²) >= 11 is 0. The van der Waals surface area contributed by atoms with Gasteiger partial charge in [-0.15, -0.1) is 10.2 Å². The minimum atomic E-state index is -4.42. The molecule has 2 aliphatic heterocycles. The third kappa shape index (κ3) is 3.10. The molecule has 1 atom stereocenters. The van der Waals surface area contributed by atoms with Crippen LogP contribution in [0.15, 0.2) is 18.3 Å². The predicted octanol–water partition coefficient (Wildman–Crippen LogP) is 2.59. The molecular formula is C17H20F3N5O. The van der Waals surface area contributed by atoms with Crippen LogP contribution in [0.4, 0.5) is 19.1 Å². The molecule has 0 spiro atoms. The molecule has 0 bridgehead atoms. The fraction of sp³-hybridized carbons (Fsp3) is 0.588. The van der Waals surface area contributed by atoms with Gasteiger partial charge in [-0.3, -0.25) is 9.20 Å². The lowest BCUT2D eigenvalue weighted by Crippen LogP contribution is -2.44. The Hall–Kier alpha value is -2.32. The minimum Gasteiger partial charge on any atom is -0.342 e. The number of hydrogen-bond donors (Lipinski definition) is 0. The lowest BCUT2D eigenvalue weighted by molar-refractivity contribution is -0.138. The SMILES string of the molecule is O=C([C@H]1CCCN(c2nnc3ccc(C(F)(F)F)cn23)C1)N1CCCC1. The van der Waals surface area contributed by atoms with Gasteiger partial charge in [0.1, 0.15) is 0 Å². The summed E-state index contributed by atoms with van der Waals surface area (Å²) in [5.74, 6) is 0.377. The second kappa shape index (κ2) is 6.44. The Balaban J connectivity index is 1.59. The van der Waals surface area contributed by atoms with Crippen molar-refractivity contribution >= 4 is 17.5 Å². The number of fused-ring (bicyclic) bond motifs is 1. The molecule has 140 valence electrons. The summed E-state index contributed by atoms with van der Waals surface area (Å²) < 4.78 is 40.4. The third-order valence-electron chi connectivity index (χ3n) is 5.18.